The predicted octanol–water partition coefficient (Wildman–Crippen LogP) is 3.95. The van der Waals surface area contributed by atoms with Crippen LogP contribution in [0.1, 0.15) is 33.1 Å². The first-order valence-corrected chi connectivity index (χ1v) is 7.74. The second kappa shape index (κ2) is 7.28. The summed E-state index contributed by atoms with van der Waals surface area (Å²) in [5, 5.41) is 13.5. The Morgan fingerprint density at radius 3 is 2.86 bits per heavy atom. The van der Waals surface area contributed by atoms with E-state index in [2.05, 4.69) is 66.3 Å². The fourth-order valence-corrected chi connectivity index (χ4v) is 2.62. The normalized spacial score (nSPS) is 11.7. The lowest BCUT2D eigenvalue weighted by Gasteiger charge is -2.23. The van der Waals surface area contributed by atoms with Crippen LogP contribution >= 0.6 is 0 Å². The van der Waals surface area contributed by atoms with Crippen LogP contribution < -0.4 is 5.32 Å². The molecule has 0 aliphatic rings. The van der Waals surface area contributed by atoms with Crippen LogP contribution in [0.3, 0.4) is 0 Å². The molecule has 3 heteroatoms. The van der Waals surface area contributed by atoms with Gasteiger partial charge in [0, 0.05) is 31.2 Å². The summed E-state index contributed by atoms with van der Waals surface area (Å²) < 4.78 is 2.32. The van der Waals surface area contributed by atoms with E-state index in [-0.39, 0.29) is 5.41 Å². The molecule has 0 atom stereocenters. The summed E-state index contributed by atoms with van der Waals surface area (Å²) in [4.78, 5) is 0. The van der Waals surface area contributed by atoms with Crippen molar-refractivity contribution >= 4 is 10.9 Å². The molecule has 21 heavy (non-hydrogen) atoms. The molecule has 0 saturated heterocycles. The molecule has 0 aliphatic carbocycles. The van der Waals surface area contributed by atoms with Crippen LogP contribution in [-0.2, 0) is 6.54 Å². The third-order valence-corrected chi connectivity index (χ3v) is 3.95. The molecule has 0 radical (unpaired) electrons. The van der Waals surface area contributed by atoms with Gasteiger partial charge < -0.3 is 9.88 Å². The van der Waals surface area contributed by atoms with Gasteiger partial charge in [-0.1, -0.05) is 32.0 Å². The molecule has 0 saturated carbocycles. The van der Waals surface area contributed by atoms with Crippen LogP contribution in [-0.4, -0.2) is 17.7 Å². The number of rotatable bonds is 8. The first-order chi connectivity index (χ1) is 10.1. The van der Waals surface area contributed by atoms with E-state index in [1.54, 1.807) is 0 Å². The number of aryl methyl sites for hydroxylation is 1. The summed E-state index contributed by atoms with van der Waals surface area (Å²) in [6, 6.07) is 12.9. The van der Waals surface area contributed by atoms with Crippen LogP contribution in [0.15, 0.2) is 36.5 Å². The first-order valence-electron chi connectivity index (χ1n) is 7.74. The maximum Gasteiger partial charge on any atom is 0.0621 e. The van der Waals surface area contributed by atoms with Crippen molar-refractivity contribution in [3.05, 3.63) is 36.5 Å². The summed E-state index contributed by atoms with van der Waals surface area (Å²) in [6.45, 7) is 7.47. The summed E-state index contributed by atoms with van der Waals surface area (Å²) in [5.74, 6) is 0. The molecular weight excluding hydrogens is 258 g/mol. The highest BCUT2D eigenvalue weighted by molar-refractivity contribution is 5.79. The lowest BCUT2D eigenvalue weighted by atomic mass is 9.88. The highest BCUT2D eigenvalue weighted by Crippen LogP contribution is 2.20. The van der Waals surface area contributed by atoms with Gasteiger partial charge in [-0.05, 0) is 42.3 Å². The van der Waals surface area contributed by atoms with Gasteiger partial charge in [-0.15, -0.1) is 0 Å². The van der Waals surface area contributed by atoms with E-state index in [9.17, 15) is 0 Å². The zero-order valence-corrected chi connectivity index (χ0v) is 13.1. The molecule has 3 nitrogen and oxygen atoms in total. The number of nitriles is 1. The molecular formula is C18H25N3. The minimum Gasteiger partial charge on any atom is -0.347 e. The highest BCUT2D eigenvalue weighted by Gasteiger charge is 2.16. The molecule has 2 aromatic rings. The minimum absolute atomic E-state index is 0.204. The van der Waals surface area contributed by atoms with Crippen molar-refractivity contribution in [1.82, 2.24) is 9.88 Å². The Kier molecular flexibility index (Phi) is 5.41. The van der Waals surface area contributed by atoms with Crippen molar-refractivity contribution < 1.29 is 0 Å². The Hall–Kier alpha value is -1.79. The lowest BCUT2D eigenvalue weighted by Crippen LogP contribution is -2.30. The second-order valence-electron chi connectivity index (χ2n) is 6.42. The largest absolute Gasteiger partial charge is 0.347 e. The maximum atomic E-state index is 8.66. The lowest BCUT2D eigenvalue weighted by molar-refractivity contribution is 0.317. The number of hydrogen-bond donors (Lipinski definition) is 1. The monoisotopic (exact) mass is 283 g/mol. The molecule has 0 spiro atoms. The Morgan fingerprint density at radius 1 is 1.24 bits per heavy atom. The van der Waals surface area contributed by atoms with E-state index in [1.807, 2.05) is 0 Å². The molecule has 0 unspecified atom stereocenters. The van der Waals surface area contributed by atoms with Gasteiger partial charge in [0.15, 0.2) is 0 Å². The average molecular weight is 283 g/mol. The topological polar surface area (TPSA) is 40.8 Å². The van der Waals surface area contributed by atoms with Crippen molar-refractivity contribution in [1.29, 1.82) is 5.26 Å². The van der Waals surface area contributed by atoms with Crippen molar-refractivity contribution in [2.45, 2.75) is 39.7 Å². The van der Waals surface area contributed by atoms with Gasteiger partial charge in [0.25, 0.3) is 0 Å². The predicted molar refractivity (Wildman–Crippen MR) is 88.1 cm³/mol. The molecule has 0 amide bonds. The Labute approximate surface area is 127 Å². The van der Waals surface area contributed by atoms with Gasteiger partial charge in [-0.2, -0.15) is 5.26 Å². The number of aromatic nitrogens is 1. The molecule has 0 bridgehead atoms. The molecule has 1 aromatic carbocycles. The standard InChI is InChI=1S/C18H25N3/c1-18(2,10-5-11-19)15-20-12-6-13-21-14-9-16-7-3-4-8-17(16)21/h3-4,7-9,14,20H,5-6,10,12-13,15H2,1-2H3. The fourth-order valence-electron chi connectivity index (χ4n) is 2.62. The molecule has 112 valence electrons. The van der Waals surface area contributed by atoms with Crippen LogP contribution in [0.2, 0.25) is 0 Å². The van der Waals surface area contributed by atoms with Crippen LogP contribution in [0, 0.1) is 16.7 Å². The number of nitrogens with one attached hydrogen (secondary N) is 1. The second-order valence-corrected chi connectivity index (χ2v) is 6.42. The molecule has 1 aromatic heterocycles. The summed E-state index contributed by atoms with van der Waals surface area (Å²) in [7, 11) is 0. The van der Waals surface area contributed by atoms with E-state index in [1.165, 1.54) is 10.9 Å². The zero-order valence-electron chi connectivity index (χ0n) is 13.1. The summed E-state index contributed by atoms with van der Waals surface area (Å²) in [5.41, 5.74) is 1.52. The van der Waals surface area contributed by atoms with E-state index in [0.29, 0.717) is 6.42 Å². The van der Waals surface area contributed by atoms with Crippen molar-refractivity contribution in [2.75, 3.05) is 13.1 Å². The Morgan fingerprint density at radius 2 is 2.05 bits per heavy atom. The van der Waals surface area contributed by atoms with Gasteiger partial charge in [0.05, 0.1) is 6.07 Å². The van der Waals surface area contributed by atoms with Crippen molar-refractivity contribution in [3.8, 4) is 6.07 Å². The van der Waals surface area contributed by atoms with Crippen molar-refractivity contribution in [2.24, 2.45) is 5.41 Å². The van der Waals surface area contributed by atoms with E-state index < -0.39 is 0 Å². The van der Waals surface area contributed by atoms with Crippen LogP contribution in [0.5, 0.6) is 0 Å². The van der Waals surface area contributed by atoms with E-state index in [4.69, 9.17) is 5.26 Å². The average Bonchev–Trinajstić information content (AvgIpc) is 2.88. The number of para-hydroxylation sites is 1. The fraction of sp³-hybridized carbons (Fsp3) is 0.500. The number of hydrogen-bond acceptors (Lipinski definition) is 2. The highest BCUT2D eigenvalue weighted by atomic mass is 15.0. The molecule has 1 N–H and O–H groups in total. The number of benzene rings is 1. The summed E-state index contributed by atoms with van der Waals surface area (Å²) in [6.07, 6.45) is 4.89. The number of fused-ring (bicyclic) bond motifs is 1. The van der Waals surface area contributed by atoms with Crippen LogP contribution in [0.4, 0.5) is 0 Å². The first kappa shape index (κ1) is 15.6. The quantitative estimate of drug-likeness (QED) is 0.745. The van der Waals surface area contributed by atoms with Crippen LogP contribution in [0.25, 0.3) is 10.9 Å². The van der Waals surface area contributed by atoms with Gasteiger partial charge in [-0.25, -0.2) is 0 Å². The Balaban J connectivity index is 1.72. The maximum absolute atomic E-state index is 8.66. The van der Waals surface area contributed by atoms with Crippen molar-refractivity contribution in [3.63, 3.8) is 0 Å². The SMILES string of the molecule is CC(C)(CCC#N)CNCCCn1ccc2ccccc21. The molecule has 1 heterocycles. The molecule has 2 rings (SSSR count). The van der Waals surface area contributed by atoms with Gasteiger partial charge >= 0.3 is 0 Å². The number of nitrogens with zero attached hydrogens (tertiary/aromatic N) is 2. The van der Waals surface area contributed by atoms with E-state index in [0.717, 1.165) is 32.5 Å². The third kappa shape index (κ3) is 4.61. The van der Waals surface area contributed by atoms with Gasteiger partial charge in [0.2, 0.25) is 0 Å². The third-order valence-electron chi connectivity index (χ3n) is 3.95. The minimum atomic E-state index is 0.204. The molecule has 0 fully saturated rings. The molecule has 0 aliphatic heterocycles. The Bertz CT molecular complexity index is 604. The summed E-state index contributed by atoms with van der Waals surface area (Å²) >= 11 is 0. The van der Waals surface area contributed by atoms with E-state index >= 15 is 0 Å². The van der Waals surface area contributed by atoms with Gasteiger partial charge in [-0.3, -0.25) is 0 Å². The zero-order chi connectivity index (χ0) is 15.1. The van der Waals surface area contributed by atoms with Gasteiger partial charge in [0.1, 0.15) is 0 Å². The smallest absolute Gasteiger partial charge is 0.0621 e.